The van der Waals surface area contributed by atoms with Crippen molar-refractivity contribution in [3.8, 4) is 0 Å². The highest BCUT2D eigenvalue weighted by Gasteiger charge is 2.25. The van der Waals surface area contributed by atoms with Gasteiger partial charge in [-0.15, -0.1) is 0 Å². The van der Waals surface area contributed by atoms with E-state index in [0.717, 1.165) is 32.0 Å². The Balaban J connectivity index is 1.59. The lowest BCUT2D eigenvalue weighted by Crippen LogP contribution is -2.39. The topological polar surface area (TPSA) is 41.1 Å². The zero-order valence-corrected chi connectivity index (χ0v) is 12.4. The van der Waals surface area contributed by atoms with Crippen molar-refractivity contribution in [3.63, 3.8) is 0 Å². The molecule has 0 saturated carbocycles. The second kappa shape index (κ2) is 5.91. The van der Waals surface area contributed by atoms with Crippen LogP contribution in [0.25, 0.3) is 10.8 Å². The van der Waals surface area contributed by atoms with Crippen LogP contribution in [0.4, 0.5) is 0 Å². The van der Waals surface area contributed by atoms with Crippen molar-refractivity contribution in [2.24, 2.45) is 0 Å². The van der Waals surface area contributed by atoms with Gasteiger partial charge in [0.2, 0.25) is 0 Å². The number of morpholine rings is 1. The fourth-order valence-corrected chi connectivity index (χ4v) is 3.14. The van der Waals surface area contributed by atoms with Gasteiger partial charge in [-0.05, 0) is 28.5 Å². The minimum Gasteiger partial charge on any atom is -0.378 e. The molecular weight excluding hydrogens is 274 g/mol. The fraction of sp³-hybridized carbons (Fsp3) is 0.278. The van der Waals surface area contributed by atoms with E-state index < -0.39 is 0 Å². The molecule has 0 amide bonds. The van der Waals surface area contributed by atoms with Gasteiger partial charge in [-0.3, -0.25) is 10.00 Å². The summed E-state index contributed by atoms with van der Waals surface area (Å²) in [6.45, 7) is 3.38. The number of hydrogen-bond acceptors (Lipinski definition) is 3. The smallest absolute Gasteiger partial charge is 0.0755 e. The molecule has 1 aliphatic heterocycles. The molecule has 0 spiro atoms. The largest absolute Gasteiger partial charge is 0.378 e. The van der Waals surface area contributed by atoms with E-state index in [1.807, 2.05) is 6.07 Å². The van der Waals surface area contributed by atoms with Crippen LogP contribution in [0.3, 0.4) is 0 Å². The predicted molar refractivity (Wildman–Crippen MR) is 86.5 cm³/mol. The van der Waals surface area contributed by atoms with Crippen molar-refractivity contribution in [1.82, 2.24) is 15.1 Å². The molecule has 3 aromatic rings. The molecule has 1 saturated heterocycles. The minimum absolute atomic E-state index is 0.253. The van der Waals surface area contributed by atoms with E-state index in [2.05, 4.69) is 57.6 Å². The molecule has 4 heteroatoms. The minimum atomic E-state index is 0.253. The quantitative estimate of drug-likeness (QED) is 0.806. The molecular formula is C18H19N3O. The maximum atomic E-state index is 5.65. The Morgan fingerprint density at radius 1 is 1.14 bits per heavy atom. The Morgan fingerprint density at radius 3 is 2.91 bits per heavy atom. The average molecular weight is 293 g/mol. The Morgan fingerprint density at radius 2 is 2.05 bits per heavy atom. The molecule has 1 atom stereocenters. The van der Waals surface area contributed by atoms with Crippen LogP contribution in [0.5, 0.6) is 0 Å². The van der Waals surface area contributed by atoms with Crippen molar-refractivity contribution in [1.29, 1.82) is 0 Å². The monoisotopic (exact) mass is 293 g/mol. The van der Waals surface area contributed by atoms with Crippen LogP contribution in [0.1, 0.15) is 17.3 Å². The molecule has 1 aromatic heterocycles. The van der Waals surface area contributed by atoms with Crippen LogP contribution in [0, 0.1) is 0 Å². The van der Waals surface area contributed by atoms with E-state index in [0.29, 0.717) is 0 Å². The van der Waals surface area contributed by atoms with Gasteiger partial charge >= 0.3 is 0 Å². The molecule has 1 aliphatic rings. The SMILES string of the molecule is c1ccc2cc(CN3CCOC[C@H]3c3ccn[nH]3)ccc2c1. The van der Waals surface area contributed by atoms with Crippen molar-refractivity contribution < 1.29 is 4.74 Å². The number of nitrogens with one attached hydrogen (secondary N) is 1. The standard InChI is InChI=1S/C18H19N3O/c1-2-4-16-11-14(5-6-15(16)3-1)12-21-9-10-22-13-18(21)17-7-8-19-20-17/h1-8,11,18H,9-10,12-13H2,(H,19,20)/t18-/m0/s1. The van der Waals surface area contributed by atoms with E-state index >= 15 is 0 Å². The molecule has 1 N–H and O–H groups in total. The van der Waals surface area contributed by atoms with Crippen LogP contribution >= 0.6 is 0 Å². The molecule has 2 aromatic carbocycles. The lowest BCUT2D eigenvalue weighted by Gasteiger charge is -2.34. The fourth-order valence-electron chi connectivity index (χ4n) is 3.14. The number of hydrogen-bond donors (Lipinski definition) is 1. The Kier molecular flexibility index (Phi) is 3.62. The van der Waals surface area contributed by atoms with Crippen molar-refractivity contribution in [2.45, 2.75) is 12.6 Å². The summed E-state index contributed by atoms with van der Waals surface area (Å²) in [5, 5.41) is 9.74. The molecule has 112 valence electrons. The second-order valence-electron chi connectivity index (χ2n) is 5.75. The molecule has 0 aliphatic carbocycles. The van der Waals surface area contributed by atoms with E-state index in [4.69, 9.17) is 4.74 Å². The summed E-state index contributed by atoms with van der Waals surface area (Å²) in [7, 11) is 0. The maximum Gasteiger partial charge on any atom is 0.0755 e. The highest BCUT2D eigenvalue weighted by molar-refractivity contribution is 5.82. The third-order valence-corrected chi connectivity index (χ3v) is 4.32. The first-order valence-electron chi connectivity index (χ1n) is 7.69. The van der Waals surface area contributed by atoms with Gasteiger partial charge in [0, 0.05) is 19.3 Å². The van der Waals surface area contributed by atoms with E-state index in [-0.39, 0.29) is 6.04 Å². The third kappa shape index (κ3) is 2.63. The summed E-state index contributed by atoms with van der Waals surface area (Å²) in [5.74, 6) is 0. The van der Waals surface area contributed by atoms with Gasteiger partial charge in [0.1, 0.15) is 0 Å². The number of nitrogens with zero attached hydrogens (tertiary/aromatic N) is 2. The second-order valence-corrected chi connectivity index (χ2v) is 5.75. The summed E-state index contributed by atoms with van der Waals surface area (Å²) in [5.41, 5.74) is 2.46. The van der Waals surface area contributed by atoms with Gasteiger partial charge in [-0.1, -0.05) is 36.4 Å². The van der Waals surface area contributed by atoms with Gasteiger partial charge in [-0.25, -0.2) is 0 Å². The number of aromatic amines is 1. The van der Waals surface area contributed by atoms with Crippen LogP contribution in [-0.2, 0) is 11.3 Å². The van der Waals surface area contributed by atoms with Crippen molar-refractivity contribution >= 4 is 10.8 Å². The molecule has 1 fully saturated rings. The molecule has 22 heavy (non-hydrogen) atoms. The van der Waals surface area contributed by atoms with Gasteiger partial charge in [0.25, 0.3) is 0 Å². The number of aromatic nitrogens is 2. The Labute approximate surface area is 129 Å². The summed E-state index contributed by atoms with van der Waals surface area (Å²) < 4.78 is 5.65. The first-order valence-corrected chi connectivity index (χ1v) is 7.69. The first-order chi connectivity index (χ1) is 10.9. The lowest BCUT2D eigenvalue weighted by atomic mass is 10.1. The summed E-state index contributed by atoms with van der Waals surface area (Å²) in [6.07, 6.45) is 1.80. The third-order valence-electron chi connectivity index (χ3n) is 4.32. The number of ether oxygens (including phenoxy) is 1. The van der Waals surface area contributed by atoms with Crippen LogP contribution in [0.2, 0.25) is 0 Å². The van der Waals surface area contributed by atoms with Crippen LogP contribution < -0.4 is 0 Å². The van der Waals surface area contributed by atoms with Gasteiger partial charge < -0.3 is 4.74 Å². The van der Waals surface area contributed by atoms with Gasteiger partial charge in [0.15, 0.2) is 0 Å². The van der Waals surface area contributed by atoms with Crippen LogP contribution in [-0.4, -0.2) is 34.9 Å². The van der Waals surface area contributed by atoms with E-state index in [1.54, 1.807) is 6.20 Å². The maximum absolute atomic E-state index is 5.65. The van der Waals surface area contributed by atoms with Crippen LogP contribution in [0.15, 0.2) is 54.7 Å². The van der Waals surface area contributed by atoms with Crippen molar-refractivity contribution in [3.05, 3.63) is 66.0 Å². The average Bonchev–Trinajstić information content (AvgIpc) is 3.10. The first kappa shape index (κ1) is 13.5. The summed E-state index contributed by atoms with van der Waals surface area (Å²) >= 11 is 0. The zero-order chi connectivity index (χ0) is 14.8. The summed E-state index contributed by atoms with van der Waals surface area (Å²) in [4.78, 5) is 2.46. The lowest BCUT2D eigenvalue weighted by molar-refractivity contribution is -0.0142. The number of fused-ring (bicyclic) bond motifs is 1. The summed E-state index contributed by atoms with van der Waals surface area (Å²) in [6, 6.07) is 17.5. The Bertz CT molecular complexity index is 754. The molecule has 0 unspecified atom stereocenters. The Hall–Kier alpha value is -2.17. The highest BCUT2D eigenvalue weighted by atomic mass is 16.5. The van der Waals surface area contributed by atoms with Crippen molar-refractivity contribution in [2.75, 3.05) is 19.8 Å². The zero-order valence-electron chi connectivity index (χ0n) is 12.4. The normalized spacial score (nSPS) is 19.5. The van der Waals surface area contributed by atoms with Gasteiger partial charge in [-0.2, -0.15) is 5.10 Å². The molecule has 0 bridgehead atoms. The van der Waals surface area contributed by atoms with Gasteiger partial charge in [0.05, 0.1) is 24.9 Å². The number of rotatable bonds is 3. The number of benzene rings is 2. The molecule has 0 radical (unpaired) electrons. The van der Waals surface area contributed by atoms with E-state index in [9.17, 15) is 0 Å². The molecule has 4 rings (SSSR count). The highest BCUT2D eigenvalue weighted by Crippen LogP contribution is 2.25. The molecule has 2 heterocycles. The number of H-pyrrole nitrogens is 1. The predicted octanol–water partition coefficient (Wildman–Crippen LogP) is 3.14. The van der Waals surface area contributed by atoms with E-state index in [1.165, 1.54) is 16.3 Å². The molecule has 4 nitrogen and oxygen atoms in total.